The van der Waals surface area contributed by atoms with E-state index in [1.807, 2.05) is 0 Å². The summed E-state index contributed by atoms with van der Waals surface area (Å²) < 4.78 is 22.6. The van der Waals surface area contributed by atoms with Gasteiger partial charge in [-0.05, 0) is 25.2 Å². The number of hydrogen-bond donors (Lipinski definition) is 1. The van der Waals surface area contributed by atoms with Crippen LogP contribution >= 0.6 is 0 Å². The van der Waals surface area contributed by atoms with Gasteiger partial charge in [-0.3, -0.25) is 4.79 Å². The van der Waals surface area contributed by atoms with Gasteiger partial charge in [0.15, 0.2) is 9.84 Å². The molecule has 0 spiro atoms. The fraction of sp³-hybridized carbons (Fsp3) is 0.917. The minimum absolute atomic E-state index is 0.0407. The first-order valence-electron chi connectivity index (χ1n) is 6.55. The van der Waals surface area contributed by atoms with Crippen molar-refractivity contribution in [3.8, 4) is 0 Å². The van der Waals surface area contributed by atoms with Crippen molar-refractivity contribution in [2.75, 3.05) is 11.5 Å². The first-order chi connectivity index (χ1) is 8.05. The van der Waals surface area contributed by atoms with Gasteiger partial charge in [0.2, 0.25) is 5.91 Å². The summed E-state index contributed by atoms with van der Waals surface area (Å²) in [6, 6.07) is 0.328. The average molecular weight is 259 g/mol. The van der Waals surface area contributed by atoms with Crippen LogP contribution in [0.25, 0.3) is 0 Å². The van der Waals surface area contributed by atoms with Gasteiger partial charge in [0.1, 0.15) is 0 Å². The van der Waals surface area contributed by atoms with E-state index in [4.69, 9.17) is 0 Å². The molecule has 2 fully saturated rings. The first-order valence-corrected chi connectivity index (χ1v) is 8.37. The maximum atomic E-state index is 11.8. The van der Waals surface area contributed by atoms with Gasteiger partial charge < -0.3 is 5.32 Å². The summed E-state index contributed by atoms with van der Waals surface area (Å²) in [6.07, 6.45) is 6.86. The van der Waals surface area contributed by atoms with Crippen LogP contribution < -0.4 is 5.32 Å². The number of hydrogen-bond acceptors (Lipinski definition) is 3. The van der Waals surface area contributed by atoms with Gasteiger partial charge in [-0.25, -0.2) is 8.42 Å². The lowest BCUT2D eigenvalue weighted by Gasteiger charge is -2.23. The summed E-state index contributed by atoms with van der Waals surface area (Å²) >= 11 is 0. The number of carbonyl (C=O) groups is 1. The lowest BCUT2D eigenvalue weighted by Crippen LogP contribution is -2.37. The van der Waals surface area contributed by atoms with Crippen LogP contribution in [0, 0.1) is 5.92 Å². The molecule has 5 heteroatoms. The van der Waals surface area contributed by atoms with Gasteiger partial charge in [-0.1, -0.05) is 19.3 Å². The van der Waals surface area contributed by atoms with Crippen molar-refractivity contribution in [3.05, 3.63) is 0 Å². The Bertz CT molecular complexity index is 371. The van der Waals surface area contributed by atoms with Gasteiger partial charge in [0, 0.05) is 12.5 Å². The molecule has 1 heterocycles. The predicted molar refractivity (Wildman–Crippen MR) is 66.4 cm³/mol. The quantitative estimate of drug-likeness (QED) is 0.830. The molecule has 0 unspecified atom stereocenters. The summed E-state index contributed by atoms with van der Waals surface area (Å²) in [5.74, 6) is 0.544. The lowest BCUT2D eigenvalue weighted by atomic mass is 9.95. The molecule has 0 aromatic heterocycles. The maximum Gasteiger partial charge on any atom is 0.220 e. The Labute approximate surface area is 103 Å². The molecule has 17 heavy (non-hydrogen) atoms. The van der Waals surface area contributed by atoms with Crippen molar-refractivity contribution < 1.29 is 13.2 Å². The standard InChI is InChI=1S/C12H21NO3S/c14-12(13-11-4-2-1-3-5-11)8-10-6-7-17(15,16)9-10/h10-11H,1-9H2,(H,13,14)/t10-/m1/s1. The molecule has 1 atom stereocenters. The Hall–Kier alpha value is -0.580. The second-order valence-electron chi connectivity index (χ2n) is 5.38. The number of amides is 1. The second kappa shape index (κ2) is 5.38. The van der Waals surface area contributed by atoms with Crippen LogP contribution in [-0.4, -0.2) is 31.9 Å². The third-order valence-electron chi connectivity index (χ3n) is 3.77. The van der Waals surface area contributed by atoms with Crippen molar-refractivity contribution in [3.63, 3.8) is 0 Å². The molecule has 0 aromatic carbocycles. The Balaban J connectivity index is 1.74. The van der Waals surface area contributed by atoms with E-state index in [0.717, 1.165) is 12.8 Å². The van der Waals surface area contributed by atoms with E-state index in [-0.39, 0.29) is 23.3 Å². The molecule has 0 bridgehead atoms. The molecule has 1 aliphatic carbocycles. The molecule has 0 aromatic rings. The molecule has 1 saturated heterocycles. The minimum atomic E-state index is -2.85. The fourth-order valence-electron chi connectivity index (χ4n) is 2.83. The van der Waals surface area contributed by atoms with Crippen LogP contribution in [-0.2, 0) is 14.6 Å². The number of carbonyl (C=O) groups excluding carboxylic acids is 1. The van der Waals surface area contributed by atoms with Crippen molar-refractivity contribution in [1.29, 1.82) is 0 Å². The SMILES string of the molecule is O=C(C[C@H]1CCS(=O)(=O)C1)NC1CCCCC1. The largest absolute Gasteiger partial charge is 0.353 e. The molecular weight excluding hydrogens is 238 g/mol. The Morgan fingerprint density at radius 2 is 1.82 bits per heavy atom. The zero-order chi connectivity index (χ0) is 12.3. The Kier molecular flexibility index (Phi) is 4.07. The smallest absolute Gasteiger partial charge is 0.220 e. The highest BCUT2D eigenvalue weighted by Gasteiger charge is 2.29. The van der Waals surface area contributed by atoms with Gasteiger partial charge in [0.25, 0.3) is 0 Å². The van der Waals surface area contributed by atoms with Gasteiger partial charge >= 0.3 is 0 Å². The average Bonchev–Trinajstić information content (AvgIpc) is 2.59. The van der Waals surface area contributed by atoms with E-state index in [2.05, 4.69) is 5.32 Å². The second-order valence-corrected chi connectivity index (χ2v) is 7.60. The summed E-state index contributed by atoms with van der Waals surface area (Å²) in [6.45, 7) is 0. The highest BCUT2D eigenvalue weighted by Crippen LogP contribution is 2.22. The van der Waals surface area contributed by atoms with Gasteiger partial charge in [-0.2, -0.15) is 0 Å². The molecule has 1 N–H and O–H groups in total. The van der Waals surface area contributed by atoms with Crippen molar-refractivity contribution in [2.24, 2.45) is 5.92 Å². The van der Waals surface area contributed by atoms with Crippen LogP contribution in [0.1, 0.15) is 44.9 Å². The van der Waals surface area contributed by atoms with Crippen LogP contribution in [0.2, 0.25) is 0 Å². The Morgan fingerprint density at radius 1 is 1.12 bits per heavy atom. The Morgan fingerprint density at radius 3 is 2.41 bits per heavy atom. The van der Waals surface area contributed by atoms with Crippen molar-refractivity contribution in [2.45, 2.75) is 51.0 Å². The van der Waals surface area contributed by atoms with E-state index in [1.54, 1.807) is 0 Å². The van der Waals surface area contributed by atoms with E-state index in [0.29, 0.717) is 18.9 Å². The van der Waals surface area contributed by atoms with Crippen LogP contribution in [0.3, 0.4) is 0 Å². The molecule has 0 radical (unpaired) electrons. The van der Waals surface area contributed by atoms with E-state index < -0.39 is 9.84 Å². The van der Waals surface area contributed by atoms with E-state index in [9.17, 15) is 13.2 Å². The van der Waals surface area contributed by atoms with Crippen molar-refractivity contribution >= 4 is 15.7 Å². The molecular formula is C12H21NO3S. The highest BCUT2D eigenvalue weighted by atomic mass is 32.2. The predicted octanol–water partition coefficient (Wildman–Crippen LogP) is 1.26. The summed E-state index contributed by atoms with van der Waals surface area (Å²) in [5, 5.41) is 3.04. The number of rotatable bonds is 3. The third kappa shape index (κ3) is 3.98. The van der Waals surface area contributed by atoms with E-state index >= 15 is 0 Å². The summed E-state index contributed by atoms with van der Waals surface area (Å²) in [5.41, 5.74) is 0. The van der Waals surface area contributed by atoms with Crippen LogP contribution in [0.4, 0.5) is 0 Å². The first kappa shape index (κ1) is 12.9. The lowest BCUT2D eigenvalue weighted by molar-refractivity contribution is -0.122. The fourth-order valence-corrected chi connectivity index (χ4v) is 4.69. The number of sulfone groups is 1. The summed E-state index contributed by atoms with van der Waals surface area (Å²) in [7, 11) is -2.85. The van der Waals surface area contributed by atoms with Crippen LogP contribution in [0.5, 0.6) is 0 Å². The third-order valence-corrected chi connectivity index (χ3v) is 5.61. The summed E-state index contributed by atoms with van der Waals surface area (Å²) in [4.78, 5) is 11.8. The minimum Gasteiger partial charge on any atom is -0.353 e. The molecule has 98 valence electrons. The molecule has 1 amide bonds. The zero-order valence-corrected chi connectivity index (χ0v) is 11.0. The zero-order valence-electron chi connectivity index (χ0n) is 10.2. The van der Waals surface area contributed by atoms with Crippen LogP contribution in [0.15, 0.2) is 0 Å². The maximum absolute atomic E-state index is 11.8. The topological polar surface area (TPSA) is 63.2 Å². The molecule has 4 nitrogen and oxygen atoms in total. The molecule has 2 aliphatic rings. The normalized spacial score (nSPS) is 29.1. The molecule has 1 saturated carbocycles. The van der Waals surface area contributed by atoms with Crippen molar-refractivity contribution in [1.82, 2.24) is 5.32 Å². The monoisotopic (exact) mass is 259 g/mol. The van der Waals surface area contributed by atoms with Gasteiger partial charge in [0.05, 0.1) is 11.5 Å². The molecule has 1 aliphatic heterocycles. The van der Waals surface area contributed by atoms with Gasteiger partial charge in [-0.15, -0.1) is 0 Å². The molecule has 2 rings (SSSR count). The van der Waals surface area contributed by atoms with E-state index in [1.165, 1.54) is 19.3 Å². The number of nitrogens with one attached hydrogen (secondary N) is 1. The highest BCUT2D eigenvalue weighted by molar-refractivity contribution is 7.91.